The summed E-state index contributed by atoms with van der Waals surface area (Å²) in [4.78, 5) is 10.6. The number of thiol groups is 1. The molecule has 0 rings (SSSR count). The third-order valence-electron chi connectivity index (χ3n) is 3.02. The minimum atomic E-state index is 0.0384. The van der Waals surface area contributed by atoms with E-state index in [4.69, 9.17) is 0 Å². The van der Waals surface area contributed by atoms with Crippen LogP contribution in [-0.2, 0) is 4.79 Å². The Morgan fingerprint density at radius 2 is 1.06 bits per heavy atom. The van der Waals surface area contributed by atoms with Crippen LogP contribution < -0.4 is 0 Å². The zero-order valence-electron chi connectivity index (χ0n) is 10.9. The number of unbranched alkanes of at least 4 members (excludes halogenated alkanes) is 10. The summed E-state index contributed by atoms with van der Waals surface area (Å²) in [7, 11) is 0. The molecular weight excluding hydrogens is 343 g/mol. The van der Waals surface area contributed by atoms with Crippen LogP contribution in [0.2, 0.25) is 0 Å². The van der Waals surface area contributed by atoms with Crippen LogP contribution in [0.25, 0.3) is 0 Å². The van der Waals surface area contributed by atoms with Crippen molar-refractivity contribution in [2.24, 2.45) is 0 Å². The predicted molar refractivity (Wildman–Crippen MR) is 88.3 cm³/mol. The maximum atomic E-state index is 10.6. The maximum Gasteiger partial charge on any atom is 0.185 e. The van der Waals surface area contributed by atoms with Gasteiger partial charge in [-0.2, -0.15) is 0 Å². The van der Waals surface area contributed by atoms with Gasteiger partial charge in [-0.25, -0.2) is 0 Å². The standard InChI is InChI=1S/C14H27IOS/c15-13-11-9-7-5-3-1-2-4-6-8-10-12-14(16)17/h1-13H2,(H,16,17). The van der Waals surface area contributed by atoms with Crippen LogP contribution in [0.3, 0.4) is 0 Å². The summed E-state index contributed by atoms with van der Waals surface area (Å²) in [6.07, 6.45) is 15.3. The summed E-state index contributed by atoms with van der Waals surface area (Å²) in [6, 6.07) is 0. The SMILES string of the molecule is O=C(S)CCCCCCCCCCCCCI. The van der Waals surface area contributed by atoms with Crippen molar-refractivity contribution in [2.45, 2.75) is 77.0 Å². The third kappa shape index (κ3) is 16.8. The first-order valence-corrected chi connectivity index (χ1v) is 9.02. The smallest absolute Gasteiger partial charge is 0.185 e. The van der Waals surface area contributed by atoms with Crippen molar-refractivity contribution in [1.29, 1.82) is 0 Å². The minimum absolute atomic E-state index is 0.0384. The van der Waals surface area contributed by atoms with Gasteiger partial charge in [0.1, 0.15) is 0 Å². The van der Waals surface area contributed by atoms with Crippen LogP contribution in [0, 0.1) is 0 Å². The van der Waals surface area contributed by atoms with E-state index in [1.54, 1.807) is 0 Å². The van der Waals surface area contributed by atoms with E-state index in [0.29, 0.717) is 6.42 Å². The molecule has 0 atom stereocenters. The van der Waals surface area contributed by atoms with Crippen molar-refractivity contribution in [1.82, 2.24) is 0 Å². The van der Waals surface area contributed by atoms with Gasteiger partial charge in [0.25, 0.3) is 0 Å². The highest BCUT2D eigenvalue weighted by atomic mass is 127. The summed E-state index contributed by atoms with van der Waals surface area (Å²) in [5, 5.41) is 0.0384. The summed E-state index contributed by atoms with van der Waals surface area (Å²) >= 11 is 6.22. The summed E-state index contributed by atoms with van der Waals surface area (Å²) in [6.45, 7) is 0. The summed E-state index contributed by atoms with van der Waals surface area (Å²) in [5.74, 6) is 0. The number of alkyl halides is 1. The fourth-order valence-corrected chi connectivity index (χ4v) is 2.66. The van der Waals surface area contributed by atoms with E-state index in [-0.39, 0.29) is 5.12 Å². The van der Waals surface area contributed by atoms with E-state index in [2.05, 4.69) is 35.2 Å². The molecule has 0 aromatic rings. The molecule has 0 aliphatic heterocycles. The van der Waals surface area contributed by atoms with Gasteiger partial charge < -0.3 is 0 Å². The fourth-order valence-electron chi connectivity index (χ4n) is 1.96. The van der Waals surface area contributed by atoms with Crippen molar-refractivity contribution < 1.29 is 4.79 Å². The highest BCUT2D eigenvalue weighted by molar-refractivity contribution is 14.1. The van der Waals surface area contributed by atoms with Gasteiger partial charge >= 0.3 is 0 Å². The second kappa shape index (κ2) is 14.8. The van der Waals surface area contributed by atoms with E-state index in [0.717, 1.165) is 6.42 Å². The highest BCUT2D eigenvalue weighted by Gasteiger charge is 1.95. The van der Waals surface area contributed by atoms with E-state index in [1.807, 2.05) is 0 Å². The van der Waals surface area contributed by atoms with Gasteiger partial charge in [-0.15, -0.1) is 12.6 Å². The second-order valence-electron chi connectivity index (χ2n) is 4.72. The summed E-state index contributed by atoms with van der Waals surface area (Å²) < 4.78 is 1.31. The molecule has 102 valence electrons. The number of hydrogen-bond acceptors (Lipinski definition) is 1. The summed E-state index contributed by atoms with van der Waals surface area (Å²) in [5.41, 5.74) is 0. The topological polar surface area (TPSA) is 17.1 Å². The van der Waals surface area contributed by atoms with Gasteiger partial charge in [0, 0.05) is 6.42 Å². The van der Waals surface area contributed by atoms with Crippen LogP contribution in [0.4, 0.5) is 0 Å². The Morgan fingerprint density at radius 1 is 0.706 bits per heavy atom. The largest absolute Gasteiger partial charge is 0.288 e. The van der Waals surface area contributed by atoms with Gasteiger partial charge in [0.2, 0.25) is 0 Å². The molecule has 1 nitrogen and oxygen atoms in total. The Bertz CT molecular complexity index is 174. The lowest BCUT2D eigenvalue weighted by molar-refractivity contribution is -0.110. The van der Waals surface area contributed by atoms with E-state index >= 15 is 0 Å². The minimum Gasteiger partial charge on any atom is -0.288 e. The van der Waals surface area contributed by atoms with Crippen LogP contribution in [0.1, 0.15) is 77.0 Å². The molecule has 0 N–H and O–H groups in total. The Labute approximate surface area is 126 Å². The molecule has 0 spiro atoms. The lowest BCUT2D eigenvalue weighted by Gasteiger charge is -2.02. The van der Waals surface area contributed by atoms with Crippen molar-refractivity contribution in [2.75, 3.05) is 4.43 Å². The van der Waals surface area contributed by atoms with Crippen molar-refractivity contribution >= 4 is 40.3 Å². The molecule has 0 heterocycles. The lowest BCUT2D eigenvalue weighted by Crippen LogP contribution is -1.86. The Morgan fingerprint density at radius 3 is 1.41 bits per heavy atom. The number of halogens is 1. The van der Waals surface area contributed by atoms with Gasteiger partial charge in [-0.3, -0.25) is 4.79 Å². The monoisotopic (exact) mass is 370 g/mol. The van der Waals surface area contributed by atoms with Gasteiger partial charge in [-0.1, -0.05) is 80.4 Å². The molecule has 0 aromatic heterocycles. The average molecular weight is 370 g/mol. The van der Waals surface area contributed by atoms with Crippen LogP contribution in [0.5, 0.6) is 0 Å². The molecule has 17 heavy (non-hydrogen) atoms. The van der Waals surface area contributed by atoms with Gasteiger partial charge in [0.15, 0.2) is 5.12 Å². The van der Waals surface area contributed by atoms with Crippen molar-refractivity contribution in [3.63, 3.8) is 0 Å². The molecule has 0 radical (unpaired) electrons. The predicted octanol–water partition coefficient (Wildman–Crippen LogP) is 5.56. The molecule has 0 unspecified atom stereocenters. The molecule has 0 aliphatic rings. The third-order valence-corrected chi connectivity index (χ3v) is 4.01. The van der Waals surface area contributed by atoms with E-state index in [9.17, 15) is 4.79 Å². The molecule has 0 amide bonds. The number of carbonyl (C=O) groups excluding carboxylic acids is 1. The molecular formula is C14H27IOS. The van der Waals surface area contributed by atoms with Crippen LogP contribution >= 0.6 is 35.2 Å². The highest BCUT2D eigenvalue weighted by Crippen LogP contribution is 2.12. The second-order valence-corrected chi connectivity index (χ2v) is 6.30. The normalized spacial score (nSPS) is 10.7. The first-order valence-electron chi connectivity index (χ1n) is 7.05. The molecule has 0 aliphatic carbocycles. The number of rotatable bonds is 13. The molecule has 0 saturated carbocycles. The first-order chi connectivity index (χ1) is 8.27. The lowest BCUT2D eigenvalue weighted by atomic mass is 10.1. The fraction of sp³-hybridized carbons (Fsp3) is 0.929. The maximum absolute atomic E-state index is 10.6. The average Bonchev–Trinajstić information content (AvgIpc) is 2.30. The zero-order chi connectivity index (χ0) is 12.8. The molecule has 0 aromatic carbocycles. The van der Waals surface area contributed by atoms with Crippen molar-refractivity contribution in [3.05, 3.63) is 0 Å². The Kier molecular flexibility index (Phi) is 15.5. The number of hydrogen-bond donors (Lipinski definition) is 1. The van der Waals surface area contributed by atoms with Crippen LogP contribution in [-0.4, -0.2) is 9.54 Å². The van der Waals surface area contributed by atoms with Gasteiger partial charge in [0.05, 0.1) is 0 Å². The quantitative estimate of drug-likeness (QED) is 0.194. The van der Waals surface area contributed by atoms with E-state index in [1.165, 1.54) is 68.6 Å². The Balaban J connectivity index is 2.91. The van der Waals surface area contributed by atoms with Crippen LogP contribution in [0.15, 0.2) is 0 Å². The molecule has 3 heteroatoms. The first kappa shape index (κ1) is 17.8. The molecule has 0 fully saturated rings. The molecule has 0 saturated heterocycles. The van der Waals surface area contributed by atoms with Gasteiger partial charge in [-0.05, 0) is 17.3 Å². The Hall–Kier alpha value is 0.750. The zero-order valence-corrected chi connectivity index (χ0v) is 14.0. The molecule has 0 bridgehead atoms. The number of carbonyl (C=O) groups is 1. The van der Waals surface area contributed by atoms with Crippen molar-refractivity contribution in [3.8, 4) is 0 Å². The van der Waals surface area contributed by atoms with E-state index < -0.39 is 0 Å².